The Labute approximate surface area is 88.6 Å². The number of hydrogen-bond acceptors (Lipinski definition) is 4. The molecule has 0 saturated carbocycles. The summed E-state index contributed by atoms with van der Waals surface area (Å²) < 4.78 is 0. The molecule has 12 heavy (non-hydrogen) atoms. The van der Waals surface area contributed by atoms with Crippen molar-refractivity contribution in [2.75, 3.05) is 42.3 Å². The molecule has 0 aliphatic heterocycles. The van der Waals surface area contributed by atoms with E-state index in [0.29, 0.717) is 0 Å². The van der Waals surface area contributed by atoms with Gasteiger partial charge in [0.1, 0.15) is 0 Å². The Bertz CT molecular complexity index is 51.9. The summed E-state index contributed by atoms with van der Waals surface area (Å²) in [6.45, 7) is 0. The van der Waals surface area contributed by atoms with E-state index in [1.807, 2.05) is 52.3 Å². The molecular weight excluding hydrogens is 149 g/mol. The van der Waals surface area contributed by atoms with Gasteiger partial charge >= 0.3 is 18.9 Å². The number of hydrazine groups is 2. The van der Waals surface area contributed by atoms with Crippen LogP contribution in [0.15, 0.2) is 0 Å². The fourth-order valence-corrected chi connectivity index (χ4v) is 0. The largest absolute Gasteiger partial charge is 1.00 e. The van der Waals surface area contributed by atoms with E-state index in [2.05, 4.69) is 10.9 Å². The molecule has 0 amide bonds. The number of rotatable bonds is 2. The number of nitrogens with two attached hydrogens (primary N) is 1. The molecule has 5 nitrogen and oxygen atoms in total. The molecule has 0 spiro atoms. The zero-order valence-corrected chi connectivity index (χ0v) is 9.47. The van der Waals surface area contributed by atoms with Crippen molar-refractivity contribution >= 4 is 0 Å². The van der Waals surface area contributed by atoms with Gasteiger partial charge in [0.2, 0.25) is 0 Å². The minimum atomic E-state index is 0. The van der Waals surface area contributed by atoms with Crippen LogP contribution < -0.4 is 29.7 Å². The average molecular weight is 171 g/mol. The van der Waals surface area contributed by atoms with Crippen LogP contribution >= 0.6 is 0 Å². The van der Waals surface area contributed by atoms with Gasteiger partial charge in [-0.25, -0.2) is 0 Å². The van der Waals surface area contributed by atoms with Crippen LogP contribution in [0.1, 0.15) is 0 Å². The van der Waals surface area contributed by atoms with Gasteiger partial charge in [-0.1, -0.05) is 0 Å². The fraction of sp³-hybridized carbons (Fsp3) is 1.00. The molecule has 0 aromatic heterocycles. The van der Waals surface area contributed by atoms with Crippen molar-refractivity contribution in [2.45, 2.75) is 0 Å². The van der Waals surface area contributed by atoms with Gasteiger partial charge in [0.25, 0.3) is 0 Å². The first-order valence-electron chi connectivity index (χ1n) is 3.24. The van der Waals surface area contributed by atoms with Crippen LogP contribution in [0.4, 0.5) is 0 Å². The zero-order valence-electron chi connectivity index (χ0n) is 9.47. The molecule has 0 bridgehead atoms. The Morgan fingerprint density at radius 1 is 0.750 bits per heavy atom. The Hall–Kier alpha value is 0.397. The van der Waals surface area contributed by atoms with Crippen molar-refractivity contribution < 1.29 is 18.9 Å². The van der Waals surface area contributed by atoms with Crippen LogP contribution in [0.25, 0.3) is 6.15 Å². The zero-order chi connectivity index (χ0) is 8.57. The van der Waals surface area contributed by atoms with Crippen LogP contribution in [0.5, 0.6) is 0 Å². The molecule has 0 fully saturated rings. The van der Waals surface area contributed by atoms with Gasteiger partial charge < -0.3 is 6.15 Å². The first-order valence-corrected chi connectivity index (χ1v) is 3.24. The number of hydrogen-bond donors (Lipinski definition) is 2. The van der Waals surface area contributed by atoms with Crippen molar-refractivity contribution in [3.05, 3.63) is 6.15 Å². The summed E-state index contributed by atoms with van der Waals surface area (Å²) in [5.74, 6) is 0. The molecule has 0 heterocycles. The van der Waals surface area contributed by atoms with Crippen LogP contribution in [0, 0.1) is 0 Å². The van der Waals surface area contributed by atoms with Crippen molar-refractivity contribution in [1.82, 2.24) is 20.9 Å². The van der Waals surface area contributed by atoms with E-state index in [9.17, 15) is 0 Å². The Kier molecular flexibility index (Phi) is 33.3. The van der Waals surface area contributed by atoms with E-state index in [1.54, 1.807) is 0 Å². The van der Waals surface area contributed by atoms with E-state index < -0.39 is 0 Å². The van der Waals surface area contributed by atoms with E-state index >= 15 is 0 Å². The predicted molar refractivity (Wildman–Crippen MR) is 50.8 cm³/mol. The van der Waals surface area contributed by atoms with Gasteiger partial charge in [-0.2, -0.15) is 0 Å². The Balaban J connectivity index is -0.0000000457. The first-order chi connectivity index (χ1) is 4.54. The first kappa shape index (κ1) is 22.8. The molecule has 0 rings (SSSR count). The van der Waals surface area contributed by atoms with Crippen molar-refractivity contribution in [1.29, 1.82) is 0 Å². The number of nitrogens with zero attached hydrogens (tertiary/aromatic N) is 2. The summed E-state index contributed by atoms with van der Waals surface area (Å²) in [5.41, 5.74) is 5.72. The van der Waals surface area contributed by atoms with Crippen LogP contribution in [-0.4, -0.2) is 52.3 Å². The molecule has 0 aromatic rings. The summed E-state index contributed by atoms with van der Waals surface area (Å²) in [7, 11) is 11.5. The Morgan fingerprint density at radius 3 is 0.833 bits per heavy atom. The van der Waals surface area contributed by atoms with Gasteiger partial charge in [-0.3, -0.25) is 20.9 Å². The molecule has 0 aliphatic carbocycles. The summed E-state index contributed by atoms with van der Waals surface area (Å²) in [6, 6.07) is 0. The van der Waals surface area contributed by atoms with Gasteiger partial charge in [-0.15, -0.1) is 0 Å². The quantitative estimate of drug-likeness (QED) is 0.345. The fourth-order valence-electron chi connectivity index (χ4n) is 0. The second-order valence-electron chi connectivity index (χ2n) is 2.24. The summed E-state index contributed by atoms with van der Waals surface area (Å²) in [5, 5.41) is 3.75. The van der Waals surface area contributed by atoms with Crippen LogP contribution in [0.2, 0.25) is 0 Å². The molecule has 0 saturated heterocycles. The predicted octanol–water partition coefficient (Wildman–Crippen LogP) is -2.91. The van der Waals surface area contributed by atoms with Crippen molar-refractivity contribution in [3.63, 3.8) is 0 Å². The number of nitrogens with one attached hydrogen (secondary N) is 2. The van der Waals surface area contributed by atoms with Crippen molar-refractivity contribution in [3.8, 4) is 0 Å². The second kappa shape index (κ2) is 17.5. The molecule has 0 aliphatic rings. The third-order valence-corrected chi connectivity index (χ3v) is 0.894. The minimum Gasteiger partial charge on any atom is -0.693 e. The molecule has 0 unspecified atom stereocenters. The average Bonchev–Trinajstić information content (AvgIpc) is 1.89. The molecule has 72 valence electrons. The van der Waals surface area contributed by atoms with Crippen LogP contribution in [-0.2, 0) is 0 Å². The summed E-state index contributed by atoms with van der Waals surface area (Å²) in [4.78, 5) is 0. The maximum absolute atomic E-state index is 2.86. The smallest absolute Gasteiger partial charge is 0.693 e. The summed E-state index contributed by atoms with van der Waals surface area (Å²) >= 11 is 0. The van der Waals surface area contributed by atoms with E-state index in [-0.39, 0.29) is 25.0 Å². The van der Waals surface area contributed by atoms with E-state index in [4.69, 9.17) is 0 Å². The molecule has 6 heteroatoms. The van der Waals surface area contributed by atoms with Gasteiger partial charge in [0.15, 0.2) is 0 Å². The minimum absolute atomic E-state index is 0. The van der Waals surface area contributed by atoms with Gasteiger partial charge in [-0.05, 0) is 14.1 Å². The van der Waals surface area contributed by atoms with Gasteiger partial charge in [0, 0.05) is 28.2 Å². The van der Waals surface area contributed by atoms with Gasteiger partial charge in [0.05, 0.1) is 0 Å². The molecule has 0 radical (unpaired) electrons. The normalized spacial score (nSPS) is 8.00. The van der Waals surface area contributed by atoms with Crippen LogP contribution in [0.3, 0.4) is 0 Å². The molecule has 0 atom stereocenters. The maximum atomic E-state index is 2.86. The third-order valence-electron chi connectivity index (χ3n) is 0.894. The standard InChI is InChI=1S/2C3H10N2.Li.H2N/c2*1-4-5(2)3;;/h2*4H,1-3H3;;1H2/q;;+1;-1. The summed E-state index contributed by atoms with van der Waals surface area (Å²) in [6.07, 6.45) is 0. The van der Waals surface area contributed by atoms with E-state index in [0.717, 1.165) is 0 Å². The third kappa shape index (κ3) is 47.5. The second-order valence-corrected chi connectivity index (χ2v) is 2.24. The topological polar surface area (TPSA) is 64.0 Å². The molecule has 0 aromatic carbocycles. The SMILES string of the molecule is CNN(C)C.CNN(C)C.[Li+].[NH2-]. The molecular formula is C6H22LiN5. The molecule has 4 N–H and O–H groups in total. The Morgan fingerprint density at radius 2 is 0.833 bits per heavy atom. The monoisotopic (exact) mass is 171 g/mol. The van der Waals surface area contributed by atoms with E-state index in [1.165, 1.54) is 0 Å². The van der Waals surface area contributed by atoms with Crippen molar-refractivity contribution in [2.24, 2.45) is 0 Å². The maximum Gasteiger partial charge on any atom is 1.00 e.